The molecule has 0 N–H and O–H groups in total. The zero-order valence-electron chi connectivity index (χ0n) is 7.86. The Balaban J connectivity index is 4.26. The minimum atomic E-state index is -4.38. The second-order valence-corrected chi connectivity index (χ2v) is 3.36. The van der Waals surface area contributed by atoms with Gasteiger partial charge in [0.05, 0.1) is 18.4 Å². The van der Waals surface area contributed by atoms with Crippen LogP contribution >= 0.6 is 0 Å². The summed E-state index contributed by atoms with van der Waals surface area (Å²) in [7, 11) is 0. The molecule has 0 saturated heterocycles. The molecule has 0 rings (SSSR count). The highest BCUT2D eigenvalue weighted by Gasteiger charge is 2.48. The zero-order chi connectivity index (χ0) is 10.7. The summed E-state index contributed by atoms with van der Waals surface area (Å²) in [5, 5.41) is 0. The van der Waals surface area contributed by atoms with Crippen LogP contribution in [0.4, 0.5) is 13.2 Å². The van der Waals surface area contributed by atoms with E-state index in [1.807, 2.05) is 0 Å². The highest BCUT2D eigenvalue weighted by molar-refractivity contribution is 5.70. The van der Waals surface area contributed by atoms with Gasteiger partial charge in [0, 0.05) is 0 Å². The van der Waals surface area contributed by atoms with Gasteiger partial charge in [0.25, 0.3) is 0 Å². The summed E-state index contributed by atoms with van der Waals surface area (Å²) in [5.74, 6) is -0.815. The molecule has 0 saturated carbocycles. The summed E-state index contributed by atoms with van der Waals surface area (Å²) >= 11 is 0. The van der Waals surface area contributed by atoms with Crippen LogP contribution in [0.2, 0.25) is 0 Å². The summed E-state index contributed by atoms with van der Waals surface area (Å²) in [6.45, 7) is 3.61. The topological polar surface area (TPSA) is 26.3 Å². The van der Waals surface area contributed by atoms with E-state index in [4.69, 9.17) is 0 Å². The molecule has 0 heterocycles. The van der Waals surface area contributed by atoms with E-state index in [-0.39, 0.29) is 6.61 Å². The van der Waals surface area contributed by atoms with Gasteiger partial charge in [-0.25, -0.2) is 0 Å². The van der Waals surface area contributed by atoms with Crippen molar-refractivity contribution in [3.05, 3.63) is 0 Å². The molecule has 0 spiro atoms. The van der Waals surface area contributed by atoms with Crippen molar-refractivity contribution < 1.29 is 22.7 Å². The number of rotatable bonds is 3. The van der Waals surface area contributed by atoms with Gasteiger partial charge in [-0.2, -0.15) is 13.2 Å². The fraction of sp³-hybridized carbons (Fsp3) is 0.875. The van der Waals surface area contributed by atoms with Crippen LogP contribution in [0.25, 0.3) is 0 Å². The van der Waals surface area contributed by atoms with Gasteiger partial charge in [0.2, 0.25) is 0 Å². The normalized spacial score (nSPS) is 12.8. The largest absolute Gasteiger partial charge is 0.466 e. The second kappa shape index (κ2) is 3.98. The zero-order valence-corrected chi connectivity index (χ0v) is 7.86. The van der Waals surface area contributed by atoms with Gasteiger partial charge in [-0.05, 0) is 6.92 Å². The van der Waals surface area contributed by atoms with Crippen molar-refractivity contribution in [1.82, 2.24) is 0 Å². The Morgan fingerprint density at radius 3 is 2.08 bits per heavy atom. The van der Waals surface area contributed by atoms with Crippen molar-refractivity contribution >= 4 is 5.97 Å². The van der Waals surface area contributed by atoms with Crippen molar-refractivity contribution in [3.8, 4) is 0 Å². The highest BCUT2D eigenvalue weighted by Crippen LogP contribution is 2.40. The first-order valence-electron chi connectivity index (χ1n) is 3.93. The lowest BCUT2D eigenvalue weighted by molar-refractivity contribution is -0.217. The van der Waals surface area contributed by atoms with E-state index in [1.165, 1.54) is 0 Å². The molecule has 0 aliphatic rings. The lowest BCUT2D eigenvalue weighted by Gasteiger charge is -2.26. The van der Waals surface area contributed by atoms with Crippen LogP contribution in [0, 0.1) is 5.41 Å². The Kier molecular flexibility index (Phi) is 3.75. The molecule has 5 heteroatoms. The van der Waals surface area contributed by atoms with Crippen molar-refractivity contribution in [2.24, 2.45) is 5.41 Å². The molecular formula is C8H13F3O2. The Morgan fingerprint density at radius 2 is 1.77 bits per heavy atom. The number of carbonyl (C=O) groups excluding carboxylic acids is 1. The third kappa shape index (κ3) is 3.65. The van der Waals surface area contributed by atoms with Crippen molar-refractivity contribution in [3.63, 3.8) is 0 Å². The van der Waals surface area contributed by atoms with E-state index >= 15 is 0 Å². The average molecular weight is 198 g/mol. The van der Waals surface area contributed by atoms with E-state index in [9.17, 15) is 18.0 Å². The fourth-order valence-corrected chi connectivity index (χ4v) is 0.673. The summed E-state index contributed by atoms with van der Waals surface area (Å²) in [6, 6.07) is 0. The first-order chi connectivity index (χ1) is 5.70. The van der Waals surface area contributed by atoms with Crippen LogP contribution in [0.5, 0.6) is 0 Å². The van der Waals surface area contributed by atoms with E-state index in [0.717, 1.165) is 13.8 Å². The molecule has 0 aliphatic heterocycles. The predicted octanol–water partition coefficient (Wildman–Crippen LogP) is 2.53. The second-order valence-electron chi connectivity index (χ2n) is 3.36. The maximum atomic E-state index is 12.2. The Hall–Kier alpha value is -0.740. The van der Waals surface area contributed by atoms with Gasteiger partial charge in [0.1, 0.15) is 0 Å². The quantitative estimate of drug-likeness (QED) is 0.651. The van der Waals surface area contributed by atoms with Gasteiger partial charge in [-0.1, -0.05) is 13.8 Å². The van der Waals surface area contributed by atoms with Crippen molar-refractivity contribution in [1.29, 1.82) is 0 Å². The van der Waals surface area contributed by atoms with Gasteiger partial charge < -0.3 is 4.74 Å². The first-order valence-corrected chi connectivity index (χ1v) is 3.93. The van der Waals surface area contributed by atoms with Crippen LogP contribution in [0.1, 0.15) is 27.2 Å². The van der Waals surface area contributed by atoms with Crippen LogP contribution in [-0.2, 0) is 9.53 Å². The number of ether oxygens (including phenoxy) is 1. The number of hydrogen-bond acceptors (Lipinski definition) is 2. The van der Waals surface area contributed by atoms with E-state index in [2.05, 4.69) is 4.74 Å². The predicted molar refractivity (Wildman–Crippen MR) is 41.1 cm³/mol. The molecule has 0 bridgehead atoms. The number of carbonyl (C=O) groups is 1. The Labute approximate surface area is 75.1 Å². The molecule has 0 radical (unpaired) electrons. The summed E-state index contributed by atoms with van der Waals surface area (Å²) in [4.78, 5) is 10.8. The molecule has 0 aliphatic carbocycles. The minimum absolute atomic E-state index is 0.104. The van der Waals surface area contributed by atoms with E-state index in [0.29, 0.717) is 0 Å². The fourth-order valence-electron chi connectivity index (χ4n) is 0.673. The smallest absolute Gasteiger partial charge is 0.394 e. The van der Waals surface area contributed by atoms with E-state index < -0.39 is 24.0 Å². The number of esters is 1. The molecule has 0 aromatic heterocycles. The average Bonchev–Trinajstić information content (AvgIpc) is 1.83. The van der Waals surface area contributed by atoms with Crippen LogP contribution in [-0.4, -0.2) is 18.8 Å². The molecule has 0 aromatic carbocycles. The van der Waals surface area contributed by atoms with Gasteiger partial charge in [-0.15, -0.1) is 0 Å². The third-order valence-electron chi connectivity index (χ3n) is 1.66. The van der Waals surface area contributed by atoms with Gasteiger partial charge in [0.15, 0.2) is 0 Å². The highest BCUT2D eigenvalue weighted by atomic mass is 19.4. The molecule has 0 amide bonds. The molecule has 0 aromatic rings. The number of alkyl halides is 3. The number of halogens is 3. The summed E-state index contributed by atoms with van der Waals surface area (Å²) in [6.07, 6.45) is -5.01. The molecule has 0 atom stereocenters. The lowest BCUT2D eigenvalue weighted by atomic mass is 9.89. The summed E-state index contributed by atoms with van der Waals surface area (Å²) < 4.78 is 41.1. The first kappa shape index (κ1) is 12.3. The molecule has 2 nitrogen and oxygen atoms in total. The number of hydrogen-bond donors (Lipinski definition) is 0. The van der Waals surface area contributed by atoms with Gasteiger partial charge in [-0.3, -0.25) is 4.79 Å². The maximum absolute atomic E-state index is 12.2. The Bertz CT molecular complexity index is 184. The lowest BCUT2D eigenvalue weighted by Crippen LogP contribution is -2.34. The van der Waals surface area contributed by atoms with E-state index in [1.54, 1.807) is 6.92 Å². The SMILES string of the molecule is CCOC(=O)CC(C)(C)C(F)(F)F. The molecule has 0 fully saturated rings. The molecule has 0 unspecified atom stereocenters. The van der Waals surface area contributed by atoms with Crippen LogP contribution in [0.3, 0.4) is 0 Å². The molecule has 13 heavy (non-hydrogen) atoms. The molecule has 78 valence electrons. The van der Waals surface area contributed by atoms with Gasteiger partial charge >= 0.3 is 12.1 Å². The monoisotopic (exact) mass is 198 g/mol. The third-order valence-corrected chi connectivity index (χ3v) is 1.66. The van der Waals surface area contributed by atoms with Crippen LogP contribution in [0.15, 0.2) is 0 Å². The Morgan fingerprint density at radius 1 is 1.31 bits per heavy atom. The van der Waals surface area contributed by atoms with Crippen LogP contribution < -0.4 is 0 Å². The summed E-state index contributed by atoms with van der Waals surface area (Å²) in [5.41, 5.74) is -2.01. The van der Waals surface area contributed by atoms with Crippen molar-refractivity contribution in [2.75, 3.05) is 6.61 Å². The van der Waals surface area contributed by atoms with Crippen molar-refractivity contribution in [2.45, 2.75) is 33.4 Å². The minimum Gasteiger partial charge on any atom is -0.466 e. The maximum Gasteiger partial charge on any atom is 0.394 e. The molecular weight excluding hydrogens is 185 g/mol. The standard InChI is InChI=1S/C8H13F3O2/c1-4-13-6(12)5-7(2,3)8(9,10)11/h4-5H2,1-3H3.